The van der Waals surface area contributed by atoms with E-state index in [-0.39, 0.29) is 23.8 Å². The Hall–Kier alpha value is -1.42. The highest BCUT2D eigenvalue weighted by Crippen LogP contribution is 2.18. The minimum atomic E-state index is -0.287. The number of rotatable bonds is 5. The SMILES string of the molecule is CC(N[C@H](C)c1cccc(F)c1)C(=O)NC1CCCCC1. The van der Waals surface area contributed by atoms with Gasteiger partial charge in [-0.3, -0.25) is 10.1 Å². The molecule has 1 aromatic rings. The second-order valence-electron chi connectivity index (χ2n) is 6.01. The summed E-state index contributed by atoms with van der Waals surface area (Å²) in [7, 11) is 0. The number of amides is 1. The maximum atomic E-state index is 13.2. The molecular formula is C17H25FN2O. The normalized spacial score (nSPS) is 19.0. The molecular weight excluding hydrogens is 267 g/mol. The van der Waals surface area contributed by atoms with Gasteiger partial charge in [0.25, 0.3) is 0 Å². The topological polar surface area (TPSA) is 41.1 Å². The molecule has 0 heterocycles. The van der Waals surface area contributed by atoms with Crippen LogP contribution in [0.1, 0.15) is 57.6 Å². The van der Waals surface area contributed by atoms with Gasteiger partial charge in [0.1, 0.15) is 5.82 Å². The number of benzene rings is 1. The Morgan fingerprint density at radius 3 is 2.62 bits per heavy atom. The first-order chi connectivity index (χ1) is 10.1. The first-order valence-electron chi connectivity index (χ1n) is 7.88. The van der Waals surface area contributed by atoms with Crippen LogP contribution in [-0.2, 0) is 4.79 Å². The second-order valence-corrected chi connectivity index (χ2v) is 6.01. The molecule has 3 nitrogen and oxygen atoms in total. The molecule has 1 aliphatic rings. The summed E-state index contributed by atoms with van der Waals surface area (Å²) in [6.07, 6.45) is 5.84. The Balaban J connectivity index is 1.84. The van der Waals surface area contributed by atoms with Crippen molar-refractivity contribution in [3.8, 4) is 0 Å². The molecule has 1 aliphatic carbocycles. The van der Waals surface area contributed by atoms with Gasteiger partial charge in [0.05, 0.1) is 6.04 Å². The monoisotopic (exact) mass is 292 g/mol. The zero-order chi connectivity index (χ0) is 15.2. The number of nitrogens with one attached hydrogen (secondary N) is 2. The van der Waals surface area contributed by atoms with Crippen LogP contribution in [-0.4, -0.2) is 18.0 Å². The van der Waals surface area contributed by atoms with E-state index in [1.165, 1.54) is 31.4 Å². The molecule has 1 fully saturated rings. The van der Waals surface area contributed by atoms with Crippen LogP contribution in [0, 0.1) is 5.82 Å². The van der Waals surface area contributed by atoms with E-state index in [0.717, 1.165) is 18.4 Å². The highest BCUT2D eigenvalue weighted by Gasteiger charge is 2.21. The van der Waals surface area contributed by atoms with Gasteiger partial charge in [-0.05, 0) is 44.4 Å². The average molecular weight is 292 g/mol. The molecule has 0 bridgehead atoms. The van der Waals surface area contributed by atoms with Gasteiger partial charge in [-0.2, -0.15) is 0 Å². The smallest absolute Gasteiger partial charge is 0.237 e. The van der Waals surface area contributed by atoms with Crippen LogP contribution in [0.15, 0.2) is 24.3 Å². The van der Waals surface area contributed by atoms with Crippen LogP contribution in [0.3, 0.4) is 0 Å². The minimum Gasteiger partial charge on any atom is -0.352 e. The highest BCUT2D eigenvalue weighted by molar-refractivity contribution is 5.81. The van der Waals surface area contributed by atoms with Crippen LogP contribution in [0.4, 0.5) is 4.39 Å². The Labute approximate surface area is 126 Å². The molecule has 1 aromatic carbocycles. The Kier molecular flexibility index (Phi) is 5.74. The van der Waals surface area contributed by atoms with Gasteiger partial charge < -0.3 is 5.32 Å². The Morgan fingerprint density at radius 1 is 1.24 bits per heavy atom. The first kappa shape index (κ1) is 16.0. The summed E-state index contributed by atoms with van der Waals surface area (Å²) >= 11 is 0. The van der Waals surface area contributed by atoms with E-state index in [1.54, 1.807) is 6.07 Å². The van der Waals surface area contributed by atoms with Crippen molar-refractivity contribution < 1.29 is 9.18 Å². The van der Waals surface area contributed by atoms with Crippen molar-refractivity contribution in [3.05, 3.63) is 35.6 Å². The lowest BCUT2D eigenvalue weighted by Crippen LogP contribution is -2.47. The molecule has 0 radical (unpaired) electrons. The third kappa shape index (κ3) is 4.81. The van der Waals surface area contributed by atoms with Crippen molar-refractivity contribution >= 4 is 5.91 Å². The second kappa shape index (κ2) is 7.55. The number of hydrogen-bond donors (Lipinski definition) is 2. The Morgan fingerprint density at radius 2 is 1.95 bits per heavy atom. The fourth-order valence-electron chi connectivity index (χ4n) is 2.90. The summed E-state index contributed by atoms with van der Waals surface area (Å²) in [6, 6.07) is 6.46. The van der Waals surface area contributed by atoms with E-state index in [9.17, 15) is 9.18 Å². The maximum absolute atomic E-state index is 13.2. The van der Waals surface area contributed by atoms with E-state index in [4.69, 9.17) is 0 Å². The molecule has 0 saturated heterocycles. The van der Waals surface area contributed by atoms with Gasteiger partial charge in [0.2, 0.25) is 5.91 Å². The van der Waals surface area contributed by atoms with E-state index in [2.05, 4.69) is 10.6 Å². The lowest BCUT2D eigenvalue weighted by molar-refractivity contribution is -0.123. The van der Waals surface area contributed by atoms with Gasteiger partial charge in [-0.25, -0.2) is 4.39 Å². The molecule has 1 saturated carbocycles. The Bertz CT molecular complexity index is 472. The van der Waals surface area contributed by atoms with Gasteiger partial charge in [0.15, 0.2) is 0 Å². The minimum absolute atomic E-state index is 0.0325. The zero-order valence-electron chi connectivity index (χ0n) is 12.9. The summed E-state index contributed by atoms with van der Waals surface area (Å²) in [5.74, 6) is -0.217. The molecule has 0 aliphatic heterocycles. The van der Waals surface area contributed by atoms with Gasteiger partial charge in [-0.1, -0.05) is 31.4 Å². The third-order valence-electron chi connectivity index (χ3n) is 4.19. The summed E-state index contributed by atoms with van der Waals surface area (Å²) in [5.41, 5.74) is 0.854. The predicted octanol–water partition coefficient (Wildman–Crippen LogP) is 3.31. The standard InChI is InChI=1S/C17H25FN2O/c1-12(14-7-6-8-15(18)11-14)19-13(2)17(21)20-16-9-4-3-5-10-16/h6-8,11-13,16,19H,3-5,9-10H2,1-2H3,(H,20,21)/t12-,13?/m1/s1. The van der Waals surface area contributed by atoms with Crippen LogP contribution in [0.25, 0.3) is 0 Å². The zero-order valence-corrected chi connectivity index (χ0v) is 12.9. The lowest BCUT2D eigenvalue weighted by Gasteiger charge is -2.26. The van der Waals surface area contributed by atoms with E-state index < -0.39 is 0 Å². The van der Waals surface area contributed by atoms with E-state index >= 15 is 0 Å². The van der Waals surface area contributed by atoms with Crippen LogP contribution in [0.5, 0.6) is 0 Å². The number of carbonyl (C=O) groups is 1. The average Bonchev–Trinajstić information content (AvgIpc) is 2.48. The summed E-state index contributed by atoms with van der Waals surface area (Å²) in [5, 5.41) is 6.35. The third-order valence-corrected chi connectivity index (χ3v) is 4.19. The van der Waals surface area contributed by atoms with E-state index in [0.29, 0.717) is 6.04 Å². The summed E-state index contributed by atoms with van der Waals surface area (Å²) in [4.78, 5) is 12.2. The molecule has 2 rings (SSSR count). The van der Waals surface area contributed by atoms with Crippen molar-refractivity contribution in [3.63, 3.8) is 0 Å². The van der Waals surface area contributed by atoms with Crippen molar-refractivity contribution in [1.82, 2.24) is 10.6 Å². The van der Waals surface area contributed by atoms with Gasteiger partial charge >= 0.3 is 0 Å². The predicted molar refractivity (Wildman–Crippen MR) is 82.4 cm³/mol. The fraction of sp³-hybridized carbons (Fsp3) is 0.588. The summed E-state index contributed by atoms with van der Waals surface area (Å²) in [6.45, 7) is 3.80. The van der Waals surface area contributed by atoms with Crippen LogP contribution >= 0.6 is 0 Å². The van der Waals surface area contributed by atoms with Crippen molar-refractivity contribution in [2.45, 2.75) is 64.1 Å². The fourth-order valence-corrected chi connectivity index (χ4v) is 2.90. The largest absolute Gasteiger partial charge is 0.352 e. The van der Waals surface area contributed by atoms with Gasteiger partial charge in [-0.15, -0.1) is 0 Å². The molecule has 0 aromatic heterocycles. The molecule has 1 amide bonds. The number of halogens is 1. The van der Waals surface area contributed by atoms with Crippen LogP contribution < -0.4 is 10.6 Å². The van der Waals surface area contributed by atoms with Crippen molar-refractivity contribution in [2.24, 2.45) is 0 Å². The first-order valence-corrected chi connectivity index (χ1v) is 7.88. The van der Waals surface area contributed by atoms with Gasteiger partial charge in [0, 0.05) is 12.1 Å². The maximum Gasteiger partial charge on any atom is 0.237 e. The quantitative estimate of drug-likeness (QED) is 0.874. The van der Waals surface area contributed by atoms with Crippen molar-refractivity contribution in [1.29, 1.82) is 0 Å². The number of carbonyl (C=O) groups excluding carboxylic acids is 1. The molecule has 2 N–H and O–H groups in total. The van der Waals surface area contributed by atoms with Crippen molar-refractivity contribution in [2.75, 3.05) is 0 Å². The van der Waals surface area contributed by atoms with E-state index in [1.807, 2.05) is 19.9 Å². The van der Waals surface area contributed by atoms with Crippen LogP contribution in [0.2, 0.25) is 0 Å². The molecule has 1 unspecified atom stereocenters. The molecule has 4 heteroatoms. The molecule has 0 spiro atoms. The lowest BCUT2D eigenvalue weighted by atomic mass is 9.95. The molecule has 116 valence electrons. The number of hydrogen-bond acceptors (Lipinski definition) is 2. The molecule has 21 heavy (non-hydrogen) atoms. The highest BCUT2D eigenvalue weighted by atomic mass is 19.1. The summed E-state index contributed by atoms with van der Waals surface area (Å²) < 4.78 is 13.2. The molecule has 2 atom stereocenters.